The van der Waals surface area contributed by atoms with E-state index in [9.17, 15) is 4.79 Å². The summed E-state index contributed by atoms with van der Waals surface area (Å²) in [6, 6.07) is 12.8. The van der Waals surface area contributed by atoms with Crippen LogP contribution in [0.15, 0.2) is 53.1 Å². The molecule has 3 heteroatoms. The number of carbonyl (C=O) groups is 1. The minimum atomic E-state index is -0.132. The summed E-state index contributed by atoms with van der Waals surface area (Å²) in [5.74, 6) is 0.949. The van der Waals surface area contributed by atoms with Crippen LogP contribution in [0.5, 0.6) is 0 Å². The number of rotatable bonds is 2. The van der Waals surface area contributed by atoms with Crippen molar-refractivity contribution in [2.24, 2.45) is 0 Å². The Hall–Kier alpha value is -2.42. The monoisotopic (exact) mass is 237 g/mol. The molecule has 0 aliphatic carbocycles. The Labute approximate surface area is 104 Å². The third-order valence-electron chi connectivity index (χ3n) is 2.84. The molecular weight excluding hydrogens is 226 g/mol. The molecule has 0 radical (unpaired) electrons. The molecule has 0 bridgehead atoms. The van der Waals surface area contributed by atoms with Gasteiger partial charge in [-0.2, -0.15) is 0 Å². The van der Waals surface area contributed by atoms with Crippen molar-refractivity contribution in [3.63, 3.8) is 0 Å². The van der Waals surface area contributed by atoms with Crippen molar-refractivity contribution in [2.45, 2.75) is 6.92 Å². The number of hydrogen-bond donors (Lipinski definition) is 0. The normalized spacial score (nSPS) is 10.7. The summed E-state index contributed by atoms with van der Waals surface area (Å²) in [5.41, 5.74) is 1.28. The number of benzene rings is 1. The highest BCUT2D eigenvalue weighted by atomic mass is 16.3. The van der Waals surface area contributed by atoms with Crippen LogP contribution in [0.1, 0.15) is 21.9 Å². The lowest BCUT2D eigenvalue weighted by Gasteiger charge is -2.02. The van der Waals surface area contributed by atoms with Crippen LogP contribution in [-0.4, -0.2) is 10.8 Å². The highest BCUT2D eigenvalue weighted by molar-refractivity contribution is 6.14. The maximum absolute atomic E-state index is 12.3. The molecule has 0 atom stereocenters. The number of ketones is 1. The van der Waals surface area contributed by atoms with Crippen molar-refractivity contribution < 1.29 is 9.21 Å². The fraction of sp³-hybridized carbons (Fsp3) is 0.0667. The second kappa shape index (κ2) is 4.11. The van der Waals surface area contributed by atoms with E-state index < -0.39 is 0 Å². The number of aryl methyl sites for hydroxylation is 1. The van der Waals surface area contributed by atoms with Crippen LogP contribution < -0.4 is 0 Å². The summed E-state index contributed by atoms with van der Waals surface area (Å²) < 4.78 is 5.37. The van der Waals surface area contributed by atoms with Gasteiger partial charge in [0.2, 0.25) is 5.78 Å². The van der Waals surface area contributed by atoms with E-state index in [1.165, 1.54) is 0 Å². The van der Waals surface area contributed by atoms with E-state index in [2.05, 4.69) is 4.98 Å². The highest BCUT2D eigenvalue weighted by Gasteiger charge is 2.16. The van der Waals surface area contributed by atoms with Gasteiger partial charge in [0, 0.05) is 11.6 Å². The van der Waals surface area contributed by atoms with E-state index in [1.807, 2.05) is 31.2 Å². The minimum absolute atomic E-state index is 0.132. The third-order valence-corrected chi connectivity index (χ3v) is 2.84. The van der Waals surface area contributed by atoms with E-state index in [4.69, 9.17) is 4.42 Å². The molecule has 0 saturated heterocycles. The lowest BCUT2D eigenvalue weighted by molar-refractivity contribution is 0.101. The van der Waals surface area contributed by atoms with Gasteiger partial charge in [0.1, 0.15) is 5.76 Å². The summed E-state index contributed by atoms with van der Waals surface area (Å²) in [6.07, 6.45) is 1.69. The Balaban J connectivity index is 2.17. The highest BCUT2D eigenvalue weighted by Crippen LogP contribution is 2.20. The lowest BCUT2D eigenvalue weighted by Crippen LogP contribution is -2.01. The Morgan fingerprint density at radius 1 is 1.11 bits per heavy atom. The first-order valence-corrected chi connectivity index (χ1v) is 5.70. The van der Waals surface area contributed by atoms with Crippen molar-refractivity contribution in [1.29, 1.82) is 0 Å². The Kier molecular flexibility index (Phi) is 2.45. The fourth-order valence-electron chi connectivity index (χ4n) is 1.98. The smallest absolute Gasteiger partial charge is 0.230 e. The molecule has 2 heterocycles. The molecule has 3 aromatic rings. The molecule has 0 aliphatic heterocycles. The zero-order valence-electron chi connectivity index (χ0n) is 9.88. The molecule has 0 amide bonds. The number of furan rings is 1. The van der Waals surface area contributed by atoms with Gasteiger partial charge in [0.25, 0.3) is 0 Å². The average molecular weight is 237 g/mol. The molecule has 0 saturated carbocycles. The lowest BCUT2D eigenvalue weighted by atomic mass is 10.0. The fourth-order valence-corrected chi connectivity index (χ4v) is 1.98. The molecule has 0 fully saturated rings. The predicted octanol–water partition coefficient (Wildman–Crippen LogP) is 3.37. The number of fused-ring (bicyclic) bond motifs is 1. The molecule has 3 nitrogen and oxygen atoms in total. The van der Waals surface area contributed by atoms with Gasteiger partial charge < -0.3 is 4.42 Å². The summed E-state index contributed by atoms with van der Waals surface area (Å²) >= 11 is 0. The number of aromatic nitrogens is 1. The molecule has 18 heavy (non-hydrogen) atoms. The molecule has 2 aromatic heterocycles. The number of nitrogens with zero attached hydrogens (tertiary/aromatic N) is 1. The first kappa shape index (κ1) is 10.7. The molecule has 0 N–H and O–H groups in total. The quantitative estimate of drug-likeness (QED) is 0.642. The second-order valence-corrected chi connectivity index (χ2v) is 4.12. The molecule has 3 rings (SSSR count). The van der Waals surface area contributed by atoms with Gasteiger partial charge in [-0.05, 0) is 31.2 Å². The van der Waals surface area contributed by atoms with Gasteiger partial charge in [0.15, 0.2) is 5.76 Å². The Morgan fingerprint density at radius 2 is 1.94 bits per heavy atom. The minimum Gasteiger partial charge on any atom is -0.458 e. The average Bonchev–Trinajstić information content (AvgIpc) is 2.84. The largest absolute Gasteiger partial charge is 0.458 e. The van der Waals surface area contributed by atoms with Gasteiger partial charge in [-0.15, -0.1) is 0 Å². The maximum Gasteiger partial charge on any atom is 0.230 e. The molecule has 1 aromatic carbocycles. The van der Waals surface area contributed by atoms with Crippen molar-refractivity contribution in [3.05, 3.63) is 65.7 Å². The van der Waals surface area contributed by atoms with Crippen molar-refractivity contribution in [1.82, 2.24) is 4.98 Å². The van der Waals surface area contributed by atoms with E-state index in [0.717, 1.165) is 11.1 Å². The topological polar surface area (TPSA) is 43.1 Å². The predicted molar refractivity (Wildman–Crippen MR) is 68.6 cm³/mol. The van der Waals surface area contributed by atoms with Crippen LogP contribution in [0, 0.1) is 6.92 Å². The first-order chi connectivity index (χ1) is 8.75. The second-order valence-electron chi connectivity index (χ2n) is 4.12. The molecule has 0 aliphatic rings. The van der Waals surface area contributed by atoms with Crippen LogP contribution in [-0.2, 0) is 0 Å². The van der Waals surface area contributed by atoms with Crippen LogP contribution in [0.25, 0.3) is 10.9 Å². The van der Waals surface area contributed by atoms with Crippen LogP contribution in [0.2, 0.25) is 0 Å². The molecular formula is C15H11NO2. The number of para-hydroxylation sites is 1. The van der Waals surface area contributed by atoms with Gasteiger partial charge in [-0.25, -0.2) is 0 Å². The SMILES string of the molecule is Cc1ccc(C(=O)c2cccc3cccnc23)o1. The van der Waals surface area contributed by atoms with E-state index in [0.29, 0.717) is 16.8 Å². The van der Waals surface area contributed by atoms with Crippen molar-refractivity contribution in [2.75, 3.05) is 0 Å². The summed E-state index contributed by atoms with van der Waals surface area (Å²) in [7, 11) is 0. The van der Waals surface area contributed by atoms with Gasteiger partial charge in [0.05, 0.1) is 11.1 Å². The van der Waals surface area contributed by atoms with Gasteiger partial charge in [-0.1, -0.05) is 18.2 Å². The summed E-state index contributed by atoms with van der Waals surface area (Å²) in [4.78, 5) is 16.6. The molecule has 0 spiro atoms. The summed E-state index contributed by atoms with van der Waals surface area (Å²) in [6.45, 7) is 1.82. The Morgan fingerprint density at radius 3 is 2.72 bits per heavy atom. The standard InChI is InChI=1S/C15H11NO2/c1-10-7-8-13(18-10)15(17)12-6-2-4-11-5-3-9-16-14(11)12/h2-9H,1H3. The number of pyridine rings is 1. The number of hydrogen-bond acceptors (Lipinski definition) is 3. The third kappa shape index (κ3) is 1.70. The summed E-state index contributed by atoms with van der Waals surface area (Å²) in [5, 5.41) is 0.951. The van der Waals surface area contributed by atoms with Crippen LogP contribution >= 0.6 is 0 Å². The molecule has 0 unspecified atom stereocenters. The zero-order valence-corrected chi connectivity index (χ0v) is 9.88. The van der Waals surface area contributed by atoms with E-state index >= 15 is 0 Å². The van der Waals surface area contributed by atoms with Crippen LogP contribution in [0.4, 0.5) is 0 Å². The first-order valence-electron chi connectivity index (χ1n) is 5.70. The van der Waals surface area contributed by atoms with Crippen molar-refractivity contribution in [3.8, 4) is 0 Å². The number of carbonyl (C=O) groups excluding carboxylic acids is 1. The van der Waals surface area contributed by atoms with E-state index in [-0.39, 0.29) is 5.78 Å². The van der Waals surface area contributed by atoms with Crippen molar-refractivity contribution >= 4 is 16.7 Å². The van der Waals surface area contributed by atoms with Gasteiger partial charge in [-0.3, -0.25) is 9.78 Å². The Bertz CT molecular complexity index is 723. The van der Waals surface area contributed by atoms with E-state index in [1.54, 1.807) is 24.4 Å². The van der Waals surface area contributed by atoms with Crippen LogP contribution in [0.3, 0.4) is 0 Å². The zero-order chi connectivity index (χ0) is 12.5. The molecule has 88 valence electrons. The van der Waals surface area contributed by atoms with Gasteiger partial charge >= 0.3 is 0 Å². The maximum atomic E-state index is 12.3.